The second kappa shape index (κ2) is 9.11. The molecule has 2 N–H and O–H groups in total. The summed E-state index contributed by atoms with van der Waals surface area (Å²) >= 11 is 0. The number of aliphatic hydroxyl groups is 2. The second-order valence-corrected chi connectivity index (χ2v) is 6.88. The Hall–Kier alpha value is -2.49. The third kappa shape index (κ3) is 5.56. The molecule has 30 heavy (non-hydrogen) atoms. The molecular formula is C21H19F5O4. The monoisotopic (exact) mass is 430 g/mol. The fraction of sp³-hybridized carbons (Fsp3) is 0.333. The minimum absolute atomic E-state index is 0.00407. The molecule has 9 heteroatoms. The van der Waals surface area contributed by atoms with Gasteiger partial charge in [0.05, 0.1) is 24.4 Å². The van der Waals surface area contributed by atoms with Gasteiger partial charge < -0.3 is 19.7 Å². The molecule has 2 aromatic rings. The SMILES string of the molecule is OCC1CC(O)CC(Oc2c(F)cc(F)cc2/C=C/c2cccc(C(F)(F)F)c2)O1. The highest BCUT2D eigenvalue weighted by Gasteiger charge is 2.31. The summed E-state index contributed by atoms with van der Waals surface area (Å²) < 4.78 is 77.6. The summed E-state index contributed by atoms with van der Waals surface area (Å²) in [7, 11) is 0. The number of ether oxygens (including phenoxy) is 2. The van der Waals surface area contributed by atoms with Gasteiger partial charge >= 0.3 is 6.18 Å². The van der Waals surface area contributed by atoms with Crippen LogP contribution in [0.2, 0.25) is 0 Å². The molecule has 4 nitrogen and oxygen atoms in total. The summed E-state index contributed by atoms with van der Waals surface area (Å²) in [5, 5.41) is 19.1. The molecule has 0 radical (unpaired) electrons. The van der Waals surface area contributed by atoms with Crippen molar-refractivity contribution in [3.63, 3.8) is 0 Å². The maximum atomic E-state index is 14.4. The molecule has 0 aromatic heterocycles. The topological polar surface area (TPSA) is 58.9 Å². The van der Waals surface area contributed by atoms with Crippen molar-refractivity contribution < 1.29 is 41.6 Å². The van der Waals surface area contributed by atoms with E-state index in [0.29, 0.717) is 6.07 Å². The molecule has 162 valence electrons. The molecule has 0 amide bonds. The first kappa shape index (κ1) is 22.2. The first-order chi connectivity index (χ1) is 14.2. The van der Waals surface area contributed by atoms with Crippen molar-refractivity contribution in [3.8, 4) is 5.75 Å². The van der Waals surface area contributed by atoms with E-state index in [4.69, 9.17) is 9.47 Å². The zero-order chi connectivity index (χ0) is 21.9. The Morgan fingerprint density at radius 3 is 2.57 bits per heavy atom. The zero-order valence-electron chi connectivity index (χ0n) is 15.6. The van der Waals surface area contributed by atoms with Crippen molar-refractivity contribution in [2.24, 2.45) is 0 Å². The molecule has 0 bridgehead atoms. The number of rotatable bonds is 5. The smallest absolute Gasteiger partial charge is 0.416 e. The van der Waals surface area contributed by atoms with Crippen molar-refractivity contribution in [1.29, 1.82) is 0 Å². The third-order valence-corrected chi connectivity index (χ3v) is 4.50. The fourth-order valence-electron chi connectivity index (χ4n) is 3.11. The van der Waals surface area contributed by atoms with Crippen molar-refractivity contribution in [2.75, 3.05) is 6.61 Å². The number of hydrogen-bond acceptors (Lipinski definition) is 4. The molecule has 3 rings (SSSR count). The number of benzene rings is 2. The minimum atomic E-state index is -4.52. The number of halogens is 5. The van der Waals surface area contributed by atoms with Gasteiger partial charge in [-0.15, -0.1) is 0 Å². The van der Waals surface area contributed by atoms with Crippen LogP contribution in [0.25, 0.3) is 12.2 Å². The van der Waals surface area contributed by atoms with Gasteiger partial charge in [-0.3, -0.25) is 0 Å². The summed E-state index contributed by atoms with van der Waals surface area (Å²) in [4.78, 5) is 0. The average Bonchev–Trinajstić information content (AvgIpc) is 2.67. The van der Waals surface area contributed by atoms with Gasteiger partial charge in [-0.05, 0) is 23.8 Å². The Balaban J connectivity index is 1.87. The van der Waals surface area contributed by atoms with Gasteiger partial charge in [0.2, 0.25) is 6.29 Å². The summed E-state index contributed by atoms with van der Waals surface area (Å²) in [6.45, 7) is -0.370. The molecule has 1 fully saturated rings. The molecule has 3 unspecified atom stereocenters. The van der Waals surface area contributed by atoms with Gasteiger partial charge in [-0.1, -0.05) is 24.3 Å². The van der Waals surface area contributed by atoms with Crippen LogP contribution in [0, 0.1) is 11.6 Å². The van der Waals surface area contributed by atoms with E-state index in [2.05, 4.69) is 0 Å². The lowest BCUT2D eigenvalue weighted by Crippen LogP contribution is -2.40. The molecule has 1 aliphatic heterocycles. The number of aliphatic hydroxyl groups excluding tert-OH is 2. The quantitative estimate of drug-likeness (QED) is 0.546. The van der Waals surface area contributed by atoms with E-state index in [1.165, 1.54) is 24.3 Å². The predicted molar refractivity (Wildman–Crippen MR) is 98.3 cm³/mol. The summed E-state index contributed by atoms with van der Waals surface area (Å²) in [5.41, 5.74) is -0.745. The van der Waals surface area contributed by atoms with E-state index in [1.54, 1.807) is 0 Å². The summed E-state index contributed by atoms with van der Waals surface area (Å²) in [6.07, 6.45) is -4.48. The molecule has 0 aliphatic carbocycles. The Morgan fingerprint density at radius 1 is 1.10 bits per heavy atom. The lowest BCUT2D eigenvalue weighted by molar-refractivity contribution is -0.185. The van der Waals surface area contributed by atoms with Crippen LogP contribution >= 0.6 is 0 Å². The van der Waals surface area contributed by atoms with E-state index in [9.17, 15) is 32.2 Å². The van der Waals surface area contributed by atoms with E-state index in [1.807, 2.05) is 0 Å². The van der Waals surface area contributed by atoms with Crippen LogP contribution in [-0.2, 0) is 10.9 Å². The molecule has 0 saturated carbocycles. The van der Waals surface area contributed by atoms with Crippen molar-refractivity contribution in [2.45, 2.75) is 37.5 Å². The second-order valence-electron chi connectivity index (χ2n) is 6.88. The number of hydrogen-bond donors (Lipinski definition) is 2. The maximum absolute atomic E-state index is 14.4. The van der Waals surface area contributed by atoms with Crippen LogP contribution in [0.4, 0.5) is 22.0 Å². The molecule has 0 spiro atoms. The van der Waals surface area contributed by atoms with E-state index >= 15 is 0 Å². The van der Waals surface area contributed by atoms with E-state index in [0.717, 1.165) is 18.2 Å². The van der Waals surface area contributed by atoms with E-state index < -0.39 is 41.9 Å². The van der Waals surface area contributed by atoms with Gasteiger partial charge in [0.1, 0.15) is 5.82 Å². The van der Waals surface area contributed by atoms with E-state index in [-0.39, 0.29) is 36.3 Å². The zero-order valence-corrected chi connectivity index (χ0v) is 15.6. The van der Waals surface area contributed by atoms with Gasteiger partial charge in [0.25, 0.3) is 0 Å². The normalized spacial score (nSPS) is 22.4. The molecular weight excluding hydrogens is 411 g/mol. The fourth-order valence-corrected chi connectivity index (χ4v) is 3.11. The van der Waals surface area contributed by atoms with Crippen LogP contribution in [0.3, 0.4) is 0 Å². The van der Waals surface area contributed by atoms with Crippen molar-refractivity contribution >= 4 is 12.2 Å². The first-order valence-electron chi connectivity index (χ1n) is 9.11. The molecule has 2 aromatic carbocycles. The van der Waals surface area contributed by atoms with Crippen molar-refractivity contribution in [3.05, 3.63) is 64.7 Å². The van der Waals surface area contributed by atoms with Gasteiger partial charge in [-0.25, -0.2) is 8.78 Å². The van der Waals surface area contributed by atoms with Crippen LogP contribution in [0.1, 0.15) is 29.5 Å². The minimum Gasteiger partial charge on any atom is -0.461 e. The average molecular weight is 430 g/mol. The molecule has 1 heterocycles. The van der Waals surface area contributed by atoms with Gasteiger partial charge in [0, 0.05) is 24.5 Å². The van der Waals surface area contributed by atoms with Crippen LogP contribution in [0.15, 0.2) is 36.4 Å². The highest BCUT2D eigenvalue weighted by atomic mass is 19.4. The largest absolute Gasteiger partial charge is 0.461 e. The van der Waals surface area contributed by atoms with Crippen molar-refractivity contribution in [1.82, 2.24) is 0 Å². The maximum Gasteiger partial charge on any atom is 0.416 e. The van der Waals surface area contributed by atoms with Crippen LogP contribution in [0.5, 0.6) is 5.75 Å². The molecule has 1 aliphatic rings. The van der Waals surface area contributed by atoms with Gasteiger partial charge in [-0.2, -0.15) is 13.2 Å². The molecule has 3 atom stereocenters. The lowest BCUT2D eigenvalue weighted by atomic mass is 10.1. The Kier molecular flexibility index (Phi) is 6.74. The first-order valence-corrected chi connectivity index (χ1v) is 9.11. The molecule has 1 saturated heterocycles. The predicted octanol–water partition coefficient (Wildman–Crippen LogP) is 4.39. The van der Waals surface area contributed by atoms with Crippen LogP contribution in [-0.4, -0.2) is 35.3 Å². The highest BCUT2D eigenvalue weighted by molar-refractivity contribution is 5.73. The van der Waals surface area contributed by atoms with Gasteiger partial charge in [0.15, 0.2) is 11.6 Å². The Morgan fingerprint density at radius 2 is 1.87 bits per heavy atom. The Labute approximate surface area is 169 Å². The highest BCUT2D eigenvalue weighted by Crippen LogP contribution is 2.32. The summed E-state index contributed by atoms with van der Waals surface area (Å²) in [6, 6.07) is 6.01. The van der Waals surface area contributed by atoms with Crippen LogP contribution < -0.4 is 4.74 Å². The Bertz CT molecular complexity index is 913. The number of alkyl halides is 3. The summed E-state index contributed by atoms with van der Waals surface area (Å²) in [5.74, 6) is -2.32. The standard InChI is InChI=1S/C21H19F5O4/c22-15-7-13(5-4-12-2-1-3-14(6-12)21(24,25)26)20(18(23)8-15)30-19-10-16(28)9-17(11-27)29-19/h1-8,16-17,19,27-28H,9-11H2/b5-4+. The lowest BCUT2D eigenvalue weighted by Gasteiger charge is -2.32. The third-order valence-electron chi connectivity index (χ3n) is 4.50.